The van der Waals surface area contributed by atoms with Gasteiger partial charge in [-0.1, -0.05) is 39.8 Å². The summed E-state index contributed by atoms with van der Waals surface area (Å²) in [5.41, 5.74) is 1.09. The molecule has 2 aromatic rings. The fraction of sp³-hybridized carbons (Fsp3) is 0.467. The van der Waals surface area contributed by atoms with Gasteiger partial charge in [-0.25, -0.2) is 0 Å². The van der Waals surface area contributed by atoms with Crippen molar-refractivity contribution < 1.29 is 4.74 Å². The van der Waals surface area contributed by atoms with Crippen molar-refractivity contribution in [3.63, 3.8) is 0 Å². The van der Waals surface area contributed by atoms with Crippen molar-refractivity contribution in [1.82, 2.24) is 19.7 Å². The number of thioether (sulfide) groups is 1. The van der Waals surface area contributed by atoms with Gasteiger partial charge in [0.15, 0.2) is 11.0 Å². The van der Waals surface area contributed by atoms with Crippen molar-refractivity contribution in [3.8, 4) is 11.4 Å². The van der Waals surface area contributed by atoms with Gasteiger partial charge in [0.05, 0.1) is 18.6 Å². The number of aromatic nitrogens is 3. The number of ether oxygens (including phenoxy) is 1. The molecule has 0 bridgehead atoms. The molecule has 1 saturated heterocycles. The summed E-state index contributed by atoms with van der Waals surface area (Å²) in [6.07, 6.45) is 2.74. The van der Waals surface area contributed by atoms with Gasteiger partial charge >= 0.3 is 0 Å². The summed E-state index contributed by atoms with van der Waals surface area (Å²) in [6.45, 7) is 2.73. The van der Waals surface area contributed by atoms with E-state index < -0.39 is 0 Å². The van der Waals surface area contributed by atoms with E-state index in [1.54, 1.807) is 11.8 Å². The van der Waals surface area contributed by atoms with E-state index in [0.29, 0.717) is 6.10 Å². The molecule has 5 nitrogen and oxygen atoms in total. The van der Waals surface area contributed by atoms with Crippen molar-refractivity contribution in [2.24, 2.45) is 0 Å². The lowest BCUT2D eigenvalue weighted by Crippen LogP contribution is -2.36. The molecule has 2 aliphatic rings. The lowest BCUT2D eigenvalue weighted by Gasteiger charge is -2.29. The Bertz CT molecular complexity index is 671. The molecule has 0 aliphatic carbocycles. The number of halogens is 1. The Morgan fingerprint density at radius 3 is 3.14 bits per heavy atom. The highest BCUT2D eigenvalue weighted by molar-refractivity contribution is 9.10. The first-order valence-corrected chi connectivity index (χ1v) is 9.23. The smallest absolute Gasteiger partial charge is 0.193 e. The summed E-state index contributed by atoms with van der Waals surface area (Å²) in [5.74, 6) is 1.89. The molecule has 2 aliphatic heterocycles. The summed E-state index contributed by atoms with van der Waals surface area (Å²) < 4.78 is 9.01. The lowest BCUT2D eigenvalue weighted by atomic mass is 10.2. The summed E-state index contributed by atoms with van der Waals surface area (Å²) in [6, 6.07) is 8.21. The predicted molar refractivity (Wildman–Crippen MR) is 89.6 cm³/mol. The van der Waals surface area contributed by atoms with Gasteiger partial charge < -0.3 is 4.74 Å². The molecule has 1 aromatic heterocycles. The van der Waals surface area contributed by atoms with Crippen LogP contribution in [0.1, 0.15) is 12.8 Å². The third-order valence-corrected chi connectivity index (χ3v) is 5.55. The van der Waals surface area contributed by atoms with E-state index in [1.807, 2.05) is 12.1 Å². The van der Waals surface area contributed by atoms with Crippen LogP contribution in [0.3, 0.4) is 0 Å². The van der Waals surface area contributed by atoms with Crippen molar-refractivity contribution in [2.45, 2.75) is 30.8 Å². The minimum absolute atomic E-state index is 0.382. The zero-order valence-corrected chi connectivity index (χ0v) is 14.5. The molecular weight excluding hydrogens is 364 g/mol. The Balaban J connectivity index is 1.56. The molecule has 1 unspecified atom stereocenters. The molecule has 0 radical (unpaired) electrons. The molecule has 1 fully saturated rings. The first-order chi connectivity index (χ1) is 10.8. The first kappa shape index (κ1) is 14.7. The zero-order valence-electron chi connectivity index (χ0n) is 12.1. The molecule has 7 heteroatoms. The lowest BCUT2D eigenvalue weighted by molar-refractivity contribution is 0.0677. The highest BCUT2D eigenvalue weighted by Gasteiger charge is 2.25. The van der Waals surface area contributed by atoms with Crippen molar-refractivity contribution >= 4 is 27.7 Å². The van der Waals surface area contributed by atoms with Crippen LogP contribution in [-0.4, -0.2) is 44.8 Å². The fourth-order valence-electron chi connectivity index (χ4n) is 2.94. The largest absolute Gasteiger partial charge is 0.377 e. The molecule has 0 saturated carbocycles. The second kappa shape index (κ2) is 6.31. The van der Waals surface area contributed by atoms with Crippen LogP contribution in [0, 0.1) is 0 Å². The molecule has 4 rings (SSSR count). The van der Waals surface area contributed by atoms with Crippen LogP contribution in [0.4, 0.5) is 0 Å². The topological polar surface area (TPSA) is 43.2 Å². The summed E-state index contributed by atoms with van der Waals surface area (Å²) >= 11 is 5.27. The minimum atomic E-state index is 0.382. The van der Waals surface area contributed by atoms with Gasteiger partial charge in [0.2, 0.25) is 0 Å². The normalized spacial score (nSPS) is 22.0. The molecule has 116 valence electrons. The summed E-state index contributed by atoms with van der Waals surface area (Å²) in [4.78, 5) is 2.42. The van der Waals surface area contributed by atoms with Crippen LogP contribution >= 0.6 is 27.7 Å². The number of rotatable bonds is 3. The van der Waals surface area contributed by atoms with E-state index in [2.05, 4.69) is 47.7 Å². The van der Waals surface area contributed by atoms with Gasteiger partial charge in [-0.15, -0.1) is 10.2 Å². The molecule has 1 aromatic carbocycles. The highest BCUT2D eigenvalue weighted by atomic mass is 79.9. The van der Waals surface area contributed by atoms with Crippen LogP contribution in [0.5, 0.6) is 0 Å². The standard InChI is InChI=1S/C15H17BrN4OS/c16-12-4-1-3-11(7-12)14-17-18-15-20(14)9-19(10-22-15)8-13-5-2-6-21-13/h1,3-4,7,13H,2,5-6,8-10H2. The Labute approximate surface area is 142 Å². The second-order valence-corrected chi connectivity index (χ2v) is 7.48. The van der Waals surface area contributed by atoms with E-state index >= 15 is 0 Å². The minimum Gasteiger partial charge on any atom is -0.377 e. The van der Waals surface area contributed by atoms with Crippen molar-refractivity contribution in [2.75, 3.05) is 19.0 Å². The van der Waals surface area contributed by atoms with Gasteiger partial charge in [-0.2, -0.15) is 0 Å². The van der Waals surface area contributed by atoms with Gasteiger partial charge in [0, 0.05) is 23.2 Å². The van der Waals surface area contributed by atoms with Gasteiger partial charge in [0.1, 0.15) is 0 Å². The Morgan fingerprint density at radius 1 is 1.36 bits per heavy atom. The number of benzene rings is 1. The van der Waals surface area contributed by atoms with E-state index in [4.69, 9.17) is 4.74 Å². The highest BCUT2D eigenvalue weighted by Crippen LogP contribution is 2.30. The third-order valence-electron chi connectivity index (χ3n) is 4.00. The SMILES string of the molecule is Brc1cccc(-c2nnc3n2CN(CC2CCCO2)CS3)c1. The maximum Gasteiger partial charge on any atom is 0.193 e. The maximum atomic E-state index is 5.76. The predicted octanol–water partition coefficient (Wildman–Crippen LogP) is 3.21. The third kappa shape index (κ3) is 2.95. The quantitative estimate of drug-likeness (QED) is 0.817. The average molecular weight is 381 g/mol. The van der Waals surface area contributed by atoms with Crippen LogP contribution < -0.4 is 0 Å². The van der Waals surface area contributed by atoms with Crippen molar-refractivity contribution in [1.29, 1.82) is 0 Å². The number of fused-ring (bicyclic) bond motifs is 1. The molecule has 0 N–H and O–H groups in total. The Morgan fingerprint density at radius 2 is 2.32 bits per heavy atom. The molecule has 0 amide bonds. The Hall–Kier alpha value is -0.890. The van der Waals surface area contributed by atoms with Crippen molar-refractivity contribution in [3.05, 3.63) is 28.7 Å². The van der Waals surface area contributed by atoms with Gasteiger partial charge in [-0.3, -0.25) is 9.47 Å². The maximum absolute atomic E-state index is 5.76. The van der Waals surface area contributed by atoms with Crippen LogP contribution in [0.25, 0.3) is 11.4 Å². The number of hydrogen-bond acceptors (Lipinski definition) is 5. The monoisotopic (exact) mass is 380 g/mol. The zero-order chi connectivity index (χ0) is 14.9. The average Bonchev–Trinajstić information content (AvgIpc) is 3.16. The second-order valence-electron chi connectivity index (χ2n) is 5.65. The van der Waals surface area contributed by atoms with Crippen LogP contribution in [-0.2, 0) is 11.4 Å². The first-order valence-electron chi connectivity index (χ1n) is 7.45. The summed E-state index contributed by atoms with van der Waals surface area (Å²) in [5, 5.41) is 9.72. The molecule has 1 atom stereocenters. The number of nitrogens with zero attached hydrogens (tertiary/aromatic N) is 4. The van der Waals surface area contributed by atoms with Gasteiger partial charge in [-0.05, 0) is 25.0 Å². The van der Waals surface area contributed by atoms with Crippen LogP contribution in [0.15, 0.2) is 33.9 Å². The fourth-order valence-corrected chi connectivity index (χ4v) is 4.22. The van der Waals surface area contributed by atoms with E-state index in [1.165, 1.54) is 12.8 Å². The molecule has 0 spiro atoms. The molecular formula is C15H17BrN4OS. The van der Waals surface area contributed by atoms with E-state index in [-0.39, 0.29) is 0 Å². The van der Waals surface area contributed by atoms with E-state index in [9.17, 15) is 0 Å². The summed E-state index contributed by atoms with van der Waals surface area (Å²) in [7, 11) is 0. The molecule has 3 heterocycles. The van der Waals surface area contributed by atoms with E-state index in [0.717, 1.165) is 46.7 Å². The van der Waals surface area contributed by atoms with Gasteiger partial charge in [0.25, 0.3) is 0 Å². The number of hydrogen-bond donors (Lipinski definition) is 0. The Kier molecular flexibility index (Phi) is 4.21. The molecule has 22 heavy (non-hydrogen) atoms. The van der Waals surface area contributed by atoms with Crippen LogP contribution in [0.2, 0.25) is 0 Å².